The Morgan fingerprint density at radius 2 is 0.853 bits per heavy atom. The lowest BCUT2D eigenvalue weighted by atomic mass is 9.97. The van der Waals surface area contributed by atoms with Gasteiger partial charge in [0, 0.05) is 49.6 Å². The van der Waals surface area contributed by atoms with E-state index in [2.05, 4.69) is 240 Å². The number of aromatic nitrogens is 1. The molecule has 4 heteroatoms. The number of hydrogen-bond acceptors (Lipinski definition) is 3. The van der Waals surface area contributed by atoms with Crippen molar-refractivity contribution in [1.29, 1.82) is 0 Å². The summed E-state index contributed by atoms with van der Waals surface area (Å²) in [5.74, 6) is 0. The number of fused-ring (bicyclic) bond motifs is 10. The summed E-state index contributed by atoms with van der Waals surface area (Å²) < 4.78 is 15.7. The number of para-hydroxylation sites is 4. The predicted molar refractivity (Wildman–Crippen MR) is 284 cm³/mol. The normalized spacial score (nSPS) is 11.8. The number of anilines is 3. The van der Waals surface area contributed by atoms with Crippen LogP contribution >= 0.6 is 0 Å². The molecule has 0 amide bonds. The van der Waals surface area contributed by atoms with Crippen molar-refractivity contribution in [3.05, 3.63) is 243 Å². The maximum atomic E-state index is 6.99. The summed E-state index contributed by atoms with van der Waals surface area (Å²) in [7, 11) is 0. The first-order chi connectivity index (χ1) is 33.7. The Morgan fingerprint density at radius 1 is 0.324 bits per heavy atom. The Hall–Kier alpha value is -9.12. The molecule has 11 aromatic carbocycles. The van der Waals surface area contributed by atoms with E-state index < -0.39 is 0 Å². The summed E-state index contributed by atoms with van der Waals surface area (Å²) in [6, 6.07) is 86.9. The molecule has 68 heavy (non-hydrogen) atoms. The molecule has 0 fully saturated rings. The molecule has 0 unspecified atom stereocenters. The SMILES string of the molecule is c1cc(-c2ccc(N(c3ccc(-c4cccc5ccccc45)cc3)c3ccc(-c4cccc5oc6ccccc6c45)cc3)c3c2oc2ccccc23)cc(-n2c3ccccc3c3ccccc32)c1. The second kappa shape index (κ2) is 15.2. The van der Waals surface area contributed by atoms with Gasteiger partial charge in [0.2, 0.25) is 0 Å². The monoisotopic (exact) mass is 868 g/mol. The highest BCUT2D eigenvalue weighted by atomic mass is 16.3. The van der Waals surface area contributed by atoms with Crippen LogP contribution in [0.5, 0.6) is 0 Å². The zero-order valence-corrected chi connectivity index (χ0v) is 36.8. The second-order valence-corrected chi connectivity index (χ2v) is 17.6. The largest absolute Gasteiger partial charge is 0.456 e. The van der Waals surface area contributed by atoms with Gasteiger partial charge in [-0.25, -0.2) is 0 Å². The molecule has 3 heterocycles. The first-order valence-electron chi connectivity index (χ1n) is 23.2. The third kappa shape index (κ3) is 5.94. The topological polar surface area (TPSA) is 34.5 Å². The molecule has 318 valence electrons. The maximum Gasteiger partial charge on any atom is 0.145 e. The van der Waals surface area contributed by atoms with Crippen LogP contribution in [0, 0.1) is 0 Å². The van der Waals surface area contributed by atoms with Crippen LogP contribution in [-0.2, 0) is 0 Å². The van der Waals surface area contributed by atoms with Gasteiger partial charge < -0.3 is 18.3 Å². The molecule has 0 aliphatic heterocycles. The van der Waals surface area contributed by atoms with Crippen molar-refractivity contribution in [2.45, 2.75) is 0 Å². The summed E-state index contributed by atoms with van der Waals surface area (Å²) in [4.78, 5) is 2.38. The third-order valence-electron chi connectivity index (χ3n) is 13.8. The highest BCUT2D eigenvalue weighted by molar-refractivity contribution is 6.18. The van der Waals surface area contributed by atoms with Crippen LogP contribution in [0.25, 0.3) is 116 Å². The first kappa shape index (κ1) is 38.2. The highest BCUT2D eigenvalue weighted by Crippen LogP contribution is 2.48. The Bertz CT molecular complexity index is 4210. The van der Waals surface area contributed by atoms with Gasteiger partial charge in [-0.15, -0.1) is 0 Å². The molecular weight excluding hydrogens is 829 g/mol. The summed E-state index contributed by atoms with van der Waals surface area (Å²) in [6.45, 7) is 0. The van der Waals surface area contributed by atoms with E-state index in [0.29, 0.717) is 0 Å². The third-order valence-corrected chi connectivity index (χ3v) is 13.8. The van der Waals surface area contributed by atoms with Crippen LogP contribution in [0.3, 0.4) is 0 Å². The number of hydrogen-bond donors (Lipinski definition) is 0. The maximum absolute atomic E-state index is 6.99. The van der Waals surface area contributed by atoms with Gasteiger partial charge in [-0.3, -0.25) is 0 Å². The zero-order chi connectivity index (χ0) is 44.7. The molecule has 0 bridgehead atoms. The fourth-order valence-electron chi connectivity index (χ4n) is 10.7. The average Bonchev–Trinajstić information content (AvgIpc) is 4.10. The number of rotatable bonds is 7. The summed E-state index contributed by atoms with van der Waals surface area (Å²) in [5.41, 5.74) is 16.8. The first-order valence-corrected chi connectivity index (χ1v) is 23.2. The molecule has 0 saturated heterocycles. The predicted octanol–water partition coefficient (Wildman–Crippen LogP) is 18.2. The Balaban J connectivity index is 0.955. The van der Waals surface area contributed by atoms with Crippen LogP contribution in [0.1, 0.15) is 0 Å². The second-order valence-electron chi connectivity index (χ2n) is 17.6. The van der Waals surface area contributed by atoms with E-state index in [9.17, 15) is 0 Å². The Labute approximate surface area is 391 Å². The van der Waals surface area contributed by atoms with E-state index in [1.807, 2.05) is 12.1 Å². The molecule has 0 spiro atoms. The lowest BCUT2D eigenvalue weighted by molar-refractivity contribution is 0.669. The van der Waals surface area contributed by atoms with Gasteiger partial charge in [0.05, 0.1) is 22.1 Å². The summed E-state index contributed by atoms with van der Waals surface area (Å²) in [5, 5.41) is 9.30. The molecule has 4 nitrogen and oxygen atoms in total. The van der Waals surface area contributed by atoms with Gasteiger partial charge in [0.25, 0.3) is 0 Å². The van der Waals surface area contributed by atoms with E-state index >= 15 is 0 Å². The van der Waals surface area contributed by atoms with E-state index in [1.54, 1.807) is 0 Å². The van der Waals surface area contributed by atoms with E-state index in [1.165, 1.54) is 43.7 Å². The van der Waals surface area contributed by atoms with Gasteiger partial charge >= 0.3 is 0 Å². The van der Waals surface area contributed by atoms with Crippen molar-refractivity contribution in [1.82, 2.24) is 4.57 Å². The molecule has 0 saturated carbocycles. The lowest BCUT2D eigenvalue weighted by Gasteiger charge is -2.27. The minimum absolute atomic E-state index is 0.843. The average molecular weight is 869 g/mol. The van der Waals surface area contributed by atoms with E-state index in [0.717, 1.165) is 88.9 Å². The number of benzene rings is 11. The molecule has 0 atom stereocenters. The van der Waals surface area contributed by atoms with Crippen LogP contribution in [-0.4, -0.2) is 4.57 Å². The van der Waals surface area contributed by atoms with Crippen molar-refractivity contribution in [3.63, 3.8) is 0 Å². The van der Waals surface area contributed by atoms with Gasteiger partial charge in [-0.1, -0.05) is 164 Å². The van der Waals surface area contributed by atoms with Crippen molar-refractivity contribution >= 4 is 93.5 Å². The molecule has 3 aromatic heterocycles. The van der Waals surface area contributed by atoms with Gasteiger partial charge in [0.1, 0.15) is 22.3 Å². The lowest BCUT2D eigenvalue weighted by Crippen LogP contribution is -2.10. The van der Waals surface area contributed by atoms with Gasteiger partial charge in [-0.05, 0) is 117 Å². The van der Waals surface area contributed by atoms with Crippen LogP contribution in [0.4, 0.5) is 17.1 Å². The Kier molecular flexibility index (Phi) is 8.55. The fraction of sp³-hybridized carbons (Fsp3) is 0. The smallest absolute Gasteiger partial charge is 0.145 e. The van der Waals surface area contributed by atoms with Crippen LogP contribution in [0.2, 0.25) is 0 Å². The molecular formula is C64H40N2O2. The standard InChI is InChI=1S/C64H40N2O2/c1-2-18-48-41(14-1)15-12-23-49(48)42-30-34-45(35-31-42)65(46-36-32-43(33-37-46)50-24-13-29-61-62(50)54-21-5-9-27-59(54)67-61)58-39-38-51(64-63(58)55-22-6-10-28-60(55)68-64)44-16-11-17-47(40-44)66-56-25-7-3-19-52(56)53-20-4-8-26-57(53)66/h1-40H. The molecule has 14 rings (SSSR count). The summed E-state index contributed by atoms with van der Waals surface area (Å²) in [6.07, 6.45) is 0. The van der Waals surface area contributed by atoms with Crippen molar-refractivity contribution < 1.29 is 8.83 Å². The highest BCUT2D eigenvalue weighted by Gasteiger charge is 2.24. The Morgan fingerprint density at radius 3 is 1.57 bits per heavy atom. The molecule has 0 aliphatic carbocycles. The van der Waals surface area contributed by atoms with E-state index in [-0.39, 0.29) is 0 Å². The quantitative estimate of drug-likeness (QED) is 0.160. The zero-order valence-electron chi connectivity index (χ0n) is 36.8. The molecule has 14 aromatic rings. The molecule has 0 radical (unpaired) electrons. The van der Waals surface area contributed by atoms with Crippen molar-refractivity contribution in [2.75, 3.05) is 4.90 Å². The van der Waals surface area contributed by atoms with E-state index in [4.69, 9.17) is 8.83 Å². The van der Waals surface area contributed by atoms with Crippen molar-refractivity contribution in [2.24, 2.45) is 0 Å². The van der Waals surface area contributed by atoms with Gasteiger partial charge in [0.15, 0.2) is 0 Å². The number of furan rings is 2. The molecule has 0 N–H and O–H groups in total. The van der Waals surface area contributed by atoms with Crippen molar-refractivity contribution in [3.8, 4) is 39.1 Å². The molecule has 0 aliphatic rings. The van der Waals surface area contributed by atoms with Crippen LogP contribution < -0.4 is 4.90 Å². The minimum atomic E-state index is 0.843. The van der Waals surface area contributed by atoms with Crippen LogP contribution in [0.15, 0.2) is 251 Å². The fourth-order valence-corrected chi connectivity index (χ4v) is 10.7. The number of nitrogens with zero attached hydrogens (tertiary/aromatic N) is 2. The summed E-state index contributed by atoms with van der Waals surface area (Å²) >= 11 is 0. The van der Waals surface area contributed by atoms with Gasteiger partial charge in [-0.2, -0.15) is 0 Å². The minimum Gasteiger partial charge on any atom is -0.456 e.